The van der Waals surface area contributed by atoms with Crippen LogP contribution in [-0.4, -0.2) is 58.5 Å². The van der Waals surface area contributed by atoms with E-state index in [2.05, 4.69) is 58.2 Å². The number of rotatable bonds is 4. The maximum atomic E-state index is 5.97. The summed E-state index contributed by atoms with van der Waals surface area (Å²) in [5.74, 6) is 0.587. The highest BCUT2D eigenvalue weighted by atomic mass is 16.5. The van der Waals surface area contributed by atoms with E-state index in [1.165, 1.54) is 17.7 Å². The van der Waals surface area contributed by atoms with Crippen molar-refractivity contribution < 1.29 is 4.74 Å². The van der Waals surface area contributed by atoms with E-state index in [9.17, 15) is 0 Å². The molecular formula is C21H30N4O. The molecule has 1 aromatic heterocycles. The Hall–Kier alpha value is -1.69. The van der Waals surface area contributed by atoms with Gasteiger partial charge in [0.1, 0.15) is 0 Å². The van der Waals surface area contributed by atoms with E-state index >= 15 is 0 Å². The van der Waals surface area contributed by atoms with Crippen LogP contribution < -0.4 is 0 Å². The summed E-state index contributed by atoms with van der Waals surface area (Å²) < 4.78 is 7.99. The molecule has 2 fully saturated rings. The number of ether oxygens (including phenoxy) is 1. The fraction of sp³-hybridized carbons (Fsp3) is 0.571. The summed E-state index contributed by atoms with van der Waals surface area (Å²) in [6.07, 6.45) is 1.22. The minimum Gasteiger partial charge on any atom is -0.380 e. The second-order valence-corrected chi connectivity index (χ2v) is 7.78. The third-order valence-corrected chi connectivity index (χ3v) is 5.81. The summed E-state index contributed by atoms with van der Waals surface area (Å²) in [4.78, 5) is 5.23. The predicted molar refractivity (Wildman–Crippen MR) is 103 cm³/mol. The molecule has 4 rings (SSSR count). The van der Waals surface area contributed by atoms with Gasteiger partial charge in [-0.05, 0) is 25.0 Å². The summed E-state index contributed by atoms with van der Waals surface area (Å²) in [7, 11) is 2.05. The first-order chi connectivity index (χ1) is 12.7. The minimum absolute atomic E-state index is 0.587. The highest BCUT2D eigenvalue weighted by Crippen LogP contribution is 2.27. The Kier molecular flexibility index (Phi) is 5.38. The number of aromatic nitrogens is 2. The Morgan fingerprint density at radius 1 is 1.15 bits per heavy atom. The van der Waals surface area contributed by atoms with Gasteiger partial charge in [0.25, 0.3) is 0 Å². The van der Waals surface area contributed by atoms with E-state index in [-0.39, 0.29) is 0 Å². The fourth-order valence-corrected chi connectivity index (χ4v) is 4.52. The van der Waals surface area contributed by atoms with Crippen molar-refractivity contribution in [3.63, 3.8) is 0 Å². The molecule has 0 amide bonds. The first-order valence-electron chi connectivity index (χ1n) is 9.76. The predicted octanol–water partition coefficient (Wildman–Crippen LogP) is 2.45. The molecule has 140 valence electrons. The van der Waals surface area contributed by atoms with Gasteiger partial charge in [-0.1, -0.05) is 30.3 Å². The highest BCUT2D eigenvalue weighted by Gasteiger charge is 2.35. The van der Waals surface area contributed by atoms with Gasteiger partial charge in [0.15, 0.2) is 0 Å². The Bertz CT molecular complexity index is 714. The van der Waals surface area contributed by atoms with Gasteiger partial charge in [-0.3, -0.25) is 14.5 Å². The molecule has 2 aliphatic heterocycles. The van der Waals surface area contributed by atoms with Gasteiger partial charge >= 0.3 is 0 Å². The van der Waals surface area contributed by atoms with Crippen molar-refractivity contribution in [3.8, 4) is 0 Å². The number of piperidine rings is 1. The number of likely N-dealkylation sites (tertiary alicyclic amines) is 1. The van der Waals surface area contributed by atoms with Crippen molar-refractivity contribution in [2.75, 3.05) is 32.8 Å². The van der Waals surface area contributed by atoms with E-state index in [0.29, 0.717) is 12.0 Å². The van der Waals surface area contributed by atoms with Gasteiger partial charge in [0.05, 0.1) is 24.6 Å². The summed E-state index contributed by atoms with van der Waals surface area (Å²) in [6, 6.07) is 13.7. The molecule has 0 unspecified atom stereocenters. The lowest BCUT2D eigenvalue weighted by atomic mass is 9.91. The minimum atomic E-state index is 0.587. The van der Waals surface area contributed by atoms with Gasteiger partial charge in [0.2, 0.25) is 0 Å². The number of hydrogen-bond acceptors (Lipinski definition) is 4. The number of hydrogen-bond donors (Lipinski definition) is 0. The molecular weight excluding hydrogens is 324 g/mol. The number of benzene rings is 1. The molecule has 0 aliphatic carbocycles. The molecule has 3 heterocycles. The van der Waals surface area contributed by atoms with Crippen LogP contribution in [0.25, 0.3) is 0 Å². The van der Waals surface area contributed by atoms with E-state index in [4.69, 9.17) is 4.74 Å². The molecule has 0 bridgehead atoms. The van der Waals surface area contributed by atoms with Crippen LogP contribution in [0, 0.1) is 12.8 Å². The van der Waals surface area contributed by atoms with Gasteiger partial charge < -0.3 is 4.74 Å². The largest absolute Gasteiger partial charge is 0.380 e. The Labute approximate surface area is 156 Å². The summed E-state index contributed by atoms with van der Waals surface area (Å²) in [5.41, 5.74) is 3.81. The normalized spacial score (nSPS) is 25.0. The van der Waals surface area contributed by atoms with E-state index in [1.807, 2.05) is 11.7 Å². The zero-order valence-electron chi connectivity index (χ0n) is 16.0. The average Bonchev–Trinajstić information content (AvgIpc) is 2.84. The Balaban J connectivity index is 1.42. The highest BCUT2D eigenvalue weighted by molar-refractivity contribution is 5.15. The maximum absolute atomic E-state index is 5.97. The molecule has 26 heavy (non-hydrogen) atoms. The van der Waals surface area contributed by atoms with Gasteiger partial charge in [-0.2, -0.15) is 5.10 Å². The molecule has 1 aromatic carbocycles. The van der Waals surface area contributed by atoms with Crippen LogP contribution >= 0.6 is 0 Å². The molecule has 2 aliphatic rings. The van der Waals surface area contributed by atoms with Crippen molar-refractivity contribution in [2.45, 2.75) is 32.5 Å². The van der Waals surface area contributed by atoms with Crippen LogP contribution in [0.1, 0.15) is 23.4 Å². The van der Waals surface area contributed by atoms with Crippen molar-refractivity contribution in [3.05, 3.63) is 53.3 Å². The van der Waals surface area contributed by atoms with E-state index < -0.39 is 0 Å². The Morgan fingerprint density at radius 2 is 2.00 bits per heavy atom. The SMILES string of the molecule is Cc1cc(CN2CC[C@@H]3[C@@H](COCCN3Cc3ccccc3)C2)n(C)n1. The van der Waals surface area contributed by atoms with Crippen molar-refractivity contribution in [1.29, 1.82) is 0 Å². The summed E-state index contributed by atoms with van der Waals surface area (Å²) >= 11 is 0. The van der Waals surface area contributed by atoms with E-state index in [0.717, 1.165) is 51.6 Å². The van der Waals surface area contributed by atoms with Crippen LogP contribution in [0.3, 0.4) is 0 Å². The lowest BCUT2D eigenvalue weighted by Crippen LogP contribution is -2.51. The van der Waals surface area contributed by atoms with E-state index in [1.54, 1.807) is 0 Å². The van der Waals surface area contributed by atoms with Crippen LogP contribution in [0.15, 0.2) is 36.4 Å². The quantitative estimate of drug-likeness (QED) is 0.845. The zero-order valence-corrected chi connectivity index (χ0v) is 16.0. The molecule has 2 saturated heterocycles. The van der Waals surface area contributed by atoms with Gasteiger partial charge in [-0.25, -0.2) is 0 Å². The molecule has 5 nitrogen and oxygen atoms in total. The van der Waals surface area contributed by atoms with Crippen molar-refractivity contribution >= 4 is 0 Å². The van der Waals surface area contributed by atoms with Gasteiger partial charge in [0, 0.05) is 51.7 Å². The topological polar surface area (TPSA) is 33.5 Å². The third-order valence-electron chi connectivity index (χ3n) is 5.81. The third kappa shape index (κ3) is 4.00. The monoisotopic (exact) mass is 354 g/mol. The number of fused-ring (bicyclic) bond motifs is 1. The van der Waals surface area contributed by atoms with Crippen LogP contribution in [0.2, 0.25) is 0 Å². The first kappa shape index (κ1) is 17.7. The second kappa shape index (κ2) is 7.91. The van der Waals surface area contributed by atoms with Gasteiger partial charge in [-0.15, -0.1) is 0 Å². The molecule has 0 spiro atoms. The number of aryl methyl sites for hydroxylation is 2. The van der Waals surface area contributed by atoms with Crippen LogP contribution in [-0.2, 0) is 24.9 Å². The zero-order chi connectivity index (χ0) is 17.9. The summed E-state index contributed by atoms with van der Waals surface area (Å²) in [6.45, 7) is 9.12. The number of nitrogens with zero attached hydrogens (tertiary/aromatic N) is 4. The smallest absolute Gasteiger partial charge is 0.0597 e. The maximum Gasteiger partial charge on any atom is 0.0597 e. The van der Waals surface area contributed by atoms with Crippen LogP contribution in [0.5, 0.6) is 0 Å². The fourth-order valence-electron chi connectivity index (χ4n) is 4.52. The van der Waals surface area contributed by atoms with Crippen molar-refractivity contribution in [1.82, 2.24) is 19.6 Å². The molecule has 0 radical (unpaired) electrons. The standard InChI is InChI=1S/C21H30N4O/c1-17-12-20(23(2)22-17)15-24-9-8-21-19(14-24)16-26-11-10-25(21)13-18-6-4-3-5-7-18/h3-7,12,19,21H,8-11,13-16H2,1-2H3/t19-,21-/m1/s1. The lowest BCUT2D eigenvalue weighted by Gasteiger charge is -2.42. The molecule has 2 aromatic rings. The molecule has 5 heteroatoms. The lowest BCUT2D eigenvalue weighted by molar-refractivity contribution is 0.0430. The molecule has 2 atom stereocenters. The first-order valence-corrected chi connectivity index (χ1v) is 9.76. The van der Waals surface area contributed by atoms with Crippen LogP contribution in [0.4, 0.5) is 0 Å². The second-order valence-electron chi connectivity index (χ2n) is 7.78. The Morgan fingerprint density at radius 3 is 2.77 bits per heavy atom. The van der Waals surface area contributed by atoms with Crippen molar-refractivity contribution in [2.24, 2.45) is 13.0 Å². The molecule has 0 N–H and O–H groups in total. The molecule has 0 saturated carbocycles. The summed E-state index contributed by atoms with van der Waals surface area (Å²) in [5, 5.41) is 4.49. The average molecular weight is 354 g/mol.